The summed E-state index contributed by atoms with van der Waals surface area (Å²) in [6, 6.07) is 2.81. The second-order valence-electron chi connectivity index (χ2n) is 5.52. The van der Waals surface area contributed by atoms with Crippen LogP contribution < -0.4 is 5.32 Å². The third-order valence-electron chi connectivity index (χ3n) is 4.07. The van der Waals surface area contributed by atoms with Crippen molar-refractivity contribution >= 4 is 5.82 Å². The highest BCUT2D eigenvalue weighted by molar-refractivity contribution is 5.45. The lowest BCUT2D eigenvalue weighted by molar-refractivity contribution is -0.137. The van der Waals surface area contributed by atoms with Gasteiger partial charge in [0.15, 0.2) is 0 Å². The number of aromatic nitrogens is 1. The van der Waals surface area contributed by atoms with Gasteiger partial charge in [-0.2, -0.15) is 13.2 Å². The van der Waals surface area contributed by atoms with Crippen molar-refractivity contribution in [3.8, 4) is 0 Å². The lowest BCUT2D eigenvalue weighted by Crippen LogP contribution is -2.48. The summed E-state index contributed by atoms with van der Waals surface area (Å²) >= 11 is 0. The van der Waals surface area contributed by atoms with Crippen LogP contribution in [0.4, 0.5) is 19.0 Å². The van der Waals surface area contributed by atoms with Crippen molar-refractivity contribution in [1.29, 1.82) is 0 Å². The van der Waals surface area contributed by atoms with Gasteiger partial charge in [-0.05, 0) is 31.5 Å². The summed E-state index contributed by atoms with van der Waals surface area (Å²) in [7, 11) is 0. The van der Waals surface area contributed by atoms with Crippen molar-refractivity contribution in [3.63, 3.8) is 0 Å². The molecule has 0 aliphatic carbocycles. The van der Waals surface area contributed by atoms with Crippen LogP contribution >= 0.6 is 0 Å². The standard InChI is InChI=1S/C14H18F3N3O/c15-14(16,17)12-4-1-5-18-13(12)19-7-11-8-20-6-2-3-10(20)9-21-11/h1,4-5,10-11H,2-3,6-9H2,(H,18,19). The van der Waals surface area contributed by atoms with Crippen LogP contribution in [0.1, 0.15) is 18.4 Å². The summed E-state index contributed by atoms with van der Waals surface area (Å²) in [4.78, 5) is 6.16. The van der Waals surface area contributed by atoms with Crippen molar-refractivity contribution in [2.45, 2.75) is 31.2 Å². The molecule has 1 aromatic heterocycles. The van der Waals surface area contributed by atoms with Crippen LogP contribution in [-0.4, -0.2) is 48.3 Å². The predicted molar refractivity (Wildman–Crippen MR) is 72.1 cm³/mol. The Balaban J connectivity index is 1.61. The van der Waals surface area contributed by atoms with E-state index in [1.165, 1.54) is 18.7 Å². The highest BCUT2D eigenvalue weighted by atomic mass is 19.4. The maximum atomic E-state index is 12.9. The number of fused-ring (bicyclic) bond motifs is 1. The minimum atomic E-state index is -4.40. The molecule has 4 nitrogen and oxygen atoms in total. The lowest BCUT2D eigenvalue weighted by atomic mass is 10.2. The number of halogens is 3. The van der Waals surface area contributed by atoms with E-state index in [0.29, 0.717) is 19.2 Å². The van der Waals surface area contributed by atoms with E-state index in [1.807, 2.05) is 0 Å². The van der Waals surface area contributed by atoms with Crippen molar-refractivity contribution in [1.82, 2.24) is 9.88 Å². The topological polar surface area (TPSA) is 37.4 Å². The zero-order valence-electron chi connectivity index (χ0n) is 11.6. The second kappa shape index (κ2) is 5.81. The van der Waals surface area contributed by atoms with Gasteiger partial charge in [-0.15, -0.1) is 0 Å². The van der Waals surface area contributed by atoms with Crippen LogP contribution in [0.15, 0.2) is 18.3 Å². The van der Waals surface area contributed by atoms with Crippen molar-refractivity contribution in [2.75, 3.05) is 31.6 Å². The smallest absolute Gasteiger partial charge is 0.373 e. The second-order valence-corrected chi connectivity index (χ2v) is 5.52. The van der Waals surface area contributed by atoms with Crippen molar-refractivity contribution < 1.29 is 17.9 Å². The number of alkyl halides is 3. The Morgan fingerprint density at radius 2 is 2.29 bits per heavy atom. The summed E-state index contributed by atoms with van der Waals surface area (Å²) in [6.07, 6.45) is -0.812. The number of nitrogens with zero attached hydrogens (tertiary/aromatic N) is 2. The van der Waals surface area contributed by atoms with Gasteiger partial charge in [0.05, 0.1) is 18.3 Å². The van der Waals surface area contributed by atoms with E-state index in [4.69, 9.17) is 4.74 Å². The van der Waals surface area contributed by atoms with Gasteiger partial charge in [0.25, 0.3) is 0 Å². The van der Waals surface area contributed by atoms with Crippen LogP contribution in [0.2, 0.25) is 0 Å². The van der Waals surface area contributed by atoms with Crippen molar-refractivity contribution in [3.05, 3.63) is 23.9 Å². The van der Waals surface area contributed by atoms with Gasteiger partial charge in [-0.25, -0.2) is 4.98 Å². The molecule has 2 saturated heterocycles. The molecule has 1 aromatic rings. The molecule has 0 saturated carbocycles. The average Bonchev–Trinajstić information content (AvgIpc) is 2.92. The minimum Gasteiger partial charge on any atom is -0.373 e. The molecule has 3 rings (SSSR count). The quantitative estimate of drug-likeness (QED) is 0.930. The molecular weight excluding hydrogens is 283 g/mol. The van der Waals surface area contributed by atoms with Crippen LogP contribution in [0, 0.1) is 0 Å². The Labute approximate surface area is 121 Å². The third kappa shape index (κ3) is 3.29. The molecule has 7 heteroatoms. The fourth-order valence-electron chi connectivity index (χ4n) is 2.99. The number of rotatable bonds is 3. The summed E-state index contributed by atoms with van der Waals surface area (Å²) in [5.74, 6) is -0.128. The average molecular weight is 301 g/mol. The Morgan fingerprint density at radius 3 is 3.10 bits per heavy atom. The molecule has 0 aromatic carbocycles. The summed E-state index contributed by atoms with van der Waals surface area (Å²) in [5, 5.41) is 2.79. The molecule has 116 valence electrons. The highest BCUT2D eigenvalue weighted by Crippen LogP contribution is 2.33. The van der Waals surface area contributed by atoms with E-state index < -0.39 is 11.7 Å². The lowest BCUT2D eigenvalue weighted by Gasteiger charge is -2.35. The molecule has 3 heterocycles. The summed E-state index contributed by atoms with van der Waals surface area (Å²) < 4.78 is 44.3. The molecule has 1 N–H and O–H groups in total. The molecule has 0 spiro atoms. The molecule has 2 aliphatic rings. The number of ether oxygens (including phenoxy) is 1. The maximum absolute atomic E-state index is 12.9. The van der Waals surface area contributed by atoms with E-state index in [1.54, 1.807) is 0 Å². The SMILES string of the molecule is FC(F)(F)c1cccnc1NCC1CN2CCCC2CO1. The number of hydrogen-bond donors (Lipinski definition) is 1. The van der Waals surface area contributed by atoms with Crippen LogP contribution in [0.3, 0.4) is 0 Å². The largest absolute Gasteiger partial charge is 0.419 e. The number of morpholine rings is 1. The number of anilines is 1. The Hall–Kier alpha value is -1.34. The molecule has 0 amide bonds. The maximum Gasteiger partial charge on any atom is 0.419 e. The highest BCUT2D eigenvalue weighted by Gasteiger charge is 2.35. The Kier molecular flexibility index (Phi) is 4.03. The summed E-state index contributed by atoms with van der Waals surface area (Å²) in [5.41, 5.74) is -0.736. The van der Waals surface area contributed by atoms with Gasteiger partial charge in [-0.1, -0.05) is 0 Å². The number of hydrogen-bond acceptors (Lipinski definition) is 4. The molecule has 2 fully saturated rings. The molecule has 0 radical (unpaired) electrons. The van der Waals surface area contributed by atoms with Crippen LogP contribution in [0.5, 0.6) is 0 Å². The Bertz CT molecular complexity index is 495. The molecule has 2 atom stereocenters. The molecular formula is C14H18F3N3O. The minimum absolute atomic E-state index is 0.0950. The van der Waals surface area contributed by atoms with Gasteiger partial charge < -0.3 is 10.1 Å². The van der Waals surface area contributed by atoms with Crippen LogP contribution in [-0.2, 0) is 10.9 Å². The monoisotopic (exact) mass is 301 g/mol. The molecule has 2 aliphatic heterocycles. The van der Waals surface area contributed by atoms with Gasteiger partial charge in [0, 0.05) is 25.3 Å². The van der Waals surface area contributed by atoms with Crippen LogP contribution in [0.25, 0.3) is 0 Å². The molecule has 21 heavy (non-hydrogen) atoms. The third-order valence-corrected chi connectivity index (χ3v) is 4.07. The van der Waals surface area contributed by atoms with E-state index in [2.05, 4.69) is 15.2 Å². The van der Waals surface area contributed by atoms with E-state index in [0.717, 1.165) is 25.6 Å². The van der Waals surface area contributed by atoms with Gasteiger partial charge in [-0.3, -0.25) is 4.90 Å². The first-order valence-corrected chi connectivity index (χ1v) is 7.16. The Morgan fingerprint density at radius 1 is 1.43 bits per heavy atom. The zero-order chi connectivity index (χ0) is 14.9. The first-order valence-electron chi connectivity index (χ1n) is 7.16. The molecule has 2 unspecified atom stereocenters. The van der Waals surface area contributed by atoms with Gasteiger partial charge in [0.2, 0.25) is 0 Å². The first-order chi connectivity index (χ1) is 10.0. The fraction of sp³-hybridized carbons (Fsp3) is 0.643. The first kappa shape index (κ1) is 14.6. The van der Waals surface area contributed by atoms with E-state index >= 15 is 0 Å². The zero-order valence-corrected chi connectivity index (χ0v) is 11.6. The van der Waals surface area contributed by atoms with Crippen molar-refractivity contribution in [2.24, 2.45) is 0 Å². The number of nitrogens with one attached hydrogen (secondary N) is 1. The van der Waals surface area contributed by atoms with E-state index in [-0.39, 0.29) is 11.9 Å². The van der Waals surface area contributed by atoms with Gasteiger partial charge >= 0.3 is 6.18 Å². The molecule has 0 bridgehead atoms. The fourth-order valence-corrected chi connectivity index (χ4v) is 2.99. The predicted octanol–water partition coefficient (Wildman–Crippen LogP) is 2.38. The van der Waals surface area contributed by atoms with E-state index in [9.17, 15) is 13.2 Å². The number of pyridine rings is 1. The normalized spacial score (nSPS) is 26.6. The summed E-state index contributed by atoms with van der Waals surface area (Å²) in [6.45, 7) is 2.83. The van der Waals surface area contributed by atoms with Gasteiger partial charge in [0.1, 0.15) is 5.82 Å².